The maximum Gasteiger partial charge on any atom is 0.242 e. The van der Waals surface area contributed by atoms with Gasteiger partial charge in [0.25, 0.3) is 0 Å². The first-order valence-corrected chi connectivity index (χ1v) is 11.6. The fraction of sp³-hybridized carbons (Fsp3) is 0.421. The molecule has 0 spiro atoms. The second-order valence-electron chi connectivity index (χ2n) is 6.90. The molecule has 1 N–H and O–H groups in total. The Hall–Kier alpha value is -1.55. The Morgan fingerprint density at radius 1 is 1.18 bits per heavy atom. The van der Waals surface area contributed by atoms with Crippen LogP contribution in [0.25, 0.3) is 10.2 Å². The normalized spacial score (nSPS) is 15.3. The van der Waals surface area contributed by atoms with Crippen LogP contribution in [0.3, 0.4) is 0 Å². The zero-order valence-corrected chi connectivity index (χ0v) is 19.1. The van der Waals surface area contributed by atoms with Crippen LogP contribution < -0.4 is 5.32 Å². The molecule has 1 fully saturated rings. The van der Waals surface area contributed by atoms with E-state index in [2.05, 4.69) is 62.1 Å². The smallest absolute Gasteiger partial charge is 0.242 e. The molecule has 4 heterocycles. The molecule has 4 rings (SSSR count). The molecule has 9 heteroatoms. The second kappa shape index (κ2) is 8.44. The molecule has 1 aliphatic rings. The molecule has 0 radical (unpaired) electrons. The van der Waals surface area contributed by atoms with Crippen LogP contribution in [0.15, 0.2) is 22.2 Å². The third-order valence-electron chi connectivity index (χ3n) is 5.11. The van der Waals surface area contributed by atoms with Crippen molar-refractivity contribution in [2.24, 2.45) is 0 Å². The van der Waals surface area contributed by atoms with Crippen molar-refractivity contribution < 1.29 is 4.79 Å². The summed E-state index contributed by atoms with van der Waals surface area (Å²) in [6, 6.07) is 4.25. The number of anilines is 1. The summed E-state index contributed by atoms with van der Waals surface area (Å²) in [5.41, 5.74) is 1.18. The lowest BCUT2D eigenvalue weighted by atomic mass is 10.2. The van der Waals surface area contributed by atoms with Gasteiger partial charge in [0, 0.05) is 42.5 Å². The molecule has 0 unspecified atom stereocenters. The number of nitrogens with zero attached hydrogens (tertiary/aromatic N) is 4. The Morgan fingerprint density at radius 3 is 2.68 bits per heavy atom. The van der Waals surface area contributed by atoms with E-state index >= 15 is 0 Å². The maximum absolute atomic E-state index is 12.7. The maximum atomic E-state index is 12.7. The quantitative estimate of drug-likeness (QED) is 0.601. The minimum Gasteiger partial charge on any atom is -0.360 e. The number of carbonyl (C=O) groups is 1. The predicted octanol–water partition coefficient (Wildman–Crippen LogP) is 3.89. The lowest BCUT2D eigenvalue weighted by Crippen LogP contribution is -2.49. The number of rotatable bonds is 5. The van der Waals surface area contributed by atoms with E-state index in [-0.39, 0.29) is 12.5 Å². The van der Waals surface area contributed by atoms with Crippen molar-refractivity contribution in [1.29, 1.82) is 0 Å². The van der Waals surface area contributed by atoms with Gasteiger partial charge in [-0.3, -0.25) is 9.69 Å². The van der Waals surface area contributed by atoms with E-state index in [0.29, 0.717) is 0 Å². The van der Waals surface area contributed by atoms with Crippen molar-refractivity contribution in [1.82, 2.24) is 19.8 Å². The molecule has 1 saturated heterocycles. The first kappa shape index (κ1) is 19.8. The third-order valence-corrected chi connectivity index (χ3v) is 7.83. The summed E-state index contributed by atoms with van der Waals surface area (Å²) in [6.07, 6.45) is 1.56. The SMILES string of the molecule is Cc1sc2ncnc(NCC(=O)N3CCN(Cc4ccc(Br)s4)CC3)c2c1C. The first-order chi connectivity index (χ1) is 13.5. The van der Waals surface area contributed by atoms with Crippen molar-refractivity contribution >= 4 is 60.5 Å². The van der Waals surface area contributed by atoms with Gasteiger partial charge in [0.1, 0.15) is 17.0 Å². The van der Waals surface area contributed by atoms with E-state index in [1.54, 1.807) is 29.0 Å². The summed E-state index contributed by atoms with van der Waals surface area (Å²) >= 11 is 6.95. The number of aryl methyl sites for hydroxylation is 2. The highest BCUT2D eigenvalue weighted by Gasteiger charge is 2.22. The van der Waals surface area contributed by atoms with Crippen molar-refractivity contribution in [2.45, 2.75) is 20.4 Å². The van der Waals surface area contributed by atoms with Crippen molar-refractivity contribution in [3.63, 3.8) is 0 Å². The molecular formula is C19H22BrN5OS2. The fourth-order valence-electron chi connectivity index (χ4n) is 3.40. The summed E-state index contributed by atoms with van der Waals surface area (Å²) < 4.78 is 1.16. The average Bonchev–Trinajstić information content (AvgIpc) is 3.23. The van der Waals surface area contributed by atoms with Gasteiger partial charge in [-0.05, 0) is 47.5 Å². The minimum atomic E-state index is 0.120. The lowest BCUT2D eigenvalue weighted by Gasteiger charge is -2.34. The standard InChI is InChI=1S/C19H22BrN5OS2/c1-12-13(2)27-19-17(12)18(22-11-23-19)21-9-16(26)25-7-5-24(6-8-25)10-14-3-4-15(20)28-14/h3-4,11H,5-10H2,1-2H3,(H,21,22,23). The minimum absolute atomic E-state index is 0.120. The fourth-order valence-corrected chi connectivity index (χ4v) is 5.92. The van der Waals surface area contributed by atoms with Crippen molar-refractivity contribution in [2.75, 3.05) is 38.0 Å². The molecular weight excluding hydrogens is 458 g/mol. The second-order valence-corrected chi connectivity index (χ2v) is 10.7. The molecule has 3 aromatic heterocycles. The van der Waals surface area contributed by atoms with E-state index < -0.39 is 0 Å². The van der Waals surface area contributed by atoms with Crippen LogP contribution in [0.5, 0.6) is 0 Å². The highest BCUT2D eigenvalue weighted by Crippen LogP contribution is 2.32. The number of nitrogens with one attached hydrogen (secondary N) is 1. The van der Waals surface area contributed by atoms with Gasteiger partial charge >= 0.3 is 0 Å². The summed E-state index contributed by atoms with van der Waals surface area (Å²) in [5, 5.41) is 4.27. The van der Waals surface area contributed by atoms with Gasteiger partial charge in [0.2, 0.25) is 5.91 Å². The van der Waals surface area contributed by atoms with Crippen LogP contribution in [0, 0.1) is 13.8 Å². The number of aromatic nitrogens is 2. The molecule has 1 aliphatic heterocycles. The Kier molecular flexibility index (Phi) is 5.96. The molecule has 0 aromatic carbocycles. The van der Waals surface area contributed by atoms with E-state index in [9.17, 15) is 4.79 Å². The molecule has 0 bridgehead atoms. The van der Waals surface area contributed by atoms with Gasteiger partial charge < -0.3 is 10.2 Å². The zero-order chi connectivity index (χ0) is 19.7. The van der Waals surface area contributed by atoms with Gasteiger partial charge in [-0.15, -0.1) is 22.7 Å². The number of fused-ring (bicyclic) bond motifs is 1. The van der Waals surface area contributed by atoms with E-state index in [1.165, 1.54) is 15.3 Å². The van der Waals surface area contributed by atoms with E-state index in [0.717, 1.165) is 52.5 Å². The van der Waals surface area contributed by atoms with Crippen LogP contribution in [0.2, 0.25) is 0 Å². The summed E-state index contributed by atoms with van der Waals surface area (Å²) in [5.74, 6) is 0.872. The molecule has 3 aromatic rings. The van der Waals surface area contributed by atoms with E-state index in [1.807, 2.05) is 4.90 Å². The number of hydrogen-bond acceptors (Lipinski definition) is 7. The summed E-state index contributed by atoms with van der Waals surface area (Å²) in [4.78, 5) is 29.3. The molecule has 28 heavy (non-hydrogen) atoms. The third kappa shape index (κ3) is 4.22. The first-order valence-electron chi connectivity index (χ1n) is 9.20. The van der Waals surface area contributed by atoms with Gasteiger partial charge in [0.15, 0.2) is 0 Å². The van der Waals surface area contributed by atoms with Crippen LogP contribution in [0.4, 0.5) is 5.82 Å². The van der Waals surface area contributed by atoms with Gasteiger partial charge in [0.05, 0.1) is 15.7 Å². The van der Waals surface area contributed by atoms with Crippen LogP contribution >= 0.6 is 38.6 Å². The monoisotopic (exact) mass is 479 g/mol. The number of hydrogen-bond donors (Lipinski definition) is 1. The summed E-state index contributed by atoms with van der Waals surface area (Å²) in [7, 11) is 0. The van der Waals surface area contributed by atoms with Crippen molar-refractivity contribution in [3.8, 4) is 0 Å². The van der Waals surface area contributed by atoms with E-state index in [4.69, 9.17) is 0 Å². The summed E-state index contributed by atoms with van der Waals surface area (Å²) in [6.45, 7) is 8.72. The van der Waals surface area contributed by atoms with Crippen LogP contribution in [-0.2, 0) is 11.3 Å². The molecule has 0 aliphatic carbocycles. The number of piperazine rings is 1. The predicted molar refractivity (Wildman–Crippen MR) is 119 cm³/mol. The lowest BCUT2D eigenvalue weighted by molar-refractivity contribution is -0.131. The van der Waals surface area contributed by atoms with Crippen molar-refractivity contribution in [3.05, 3.63) is 37.6 Å². The van der Waals surface area contributed by atoms with Gasteiger partial charge in [-0.25, -0.2) is 9.97 Å². The largest absolute Gasteiger partial charge is 0.360 e. The number of thiophene rings is 2. The number of halogens is 1. The molecule has 1 amide bonds. The number of carbonyl (C=O) groups excluding carboxylic acids is 1. The molecule has 6 nitrogen and oxygen atoms in total. The Balaban J connectivity index is 1.32. The highest BCUT2D eigenvalue weighted by molar-refractivity contribution is 9.11. The molecule has 0 saturated carbocycles. The van der Waals surface area contributed by atoms with Gasteiger partial charge in [-0.2, -0.15) is 0 Å². The van der Waals surface area contributed by atoms with Crippen LogP contribution in [0.1, 0.15) is 15.3 Å². The zero-order valence-electron chi connectivity index (χ0n) is 15.9. The average molecular weight is 480 g/mol. The Bertz CT molecular complexity index is 994. The molecule has 148 valence electrons. The number of amides is 1. The molecule has 0 atom stereocenters. The Morgan fingerprint density at radius 2 is 1.96 bits per heavy atom. The van der Waals surface area contributed by atoms with Gasteiger partial charge in [-0.1, -0.05) is 0 Å². The topological polar surface area (TPSA) is 61.4 Å². The van der Waals surface area contributed by atoms with Crippen LogP contribution in [-0.4, -0.2) is 58.4 Å². The highest BCUT2D eigenvalue weighted by atomic mass is 79.9. The Labute approximate surface area is 180 Å².